The van der Waals surface area contributed by atoms with Crippen LogP contribution in [0.2, 0.25) is 0 Å². The average Bonchev–Trinajstić information content (AvgIpc) is 2.02. The Balaban J connectivity index is 3.90. The maximum atomic E-state index is 11.1. The SMILES string of the molecule is C=CCC(N)C(=O)N(C)OC. The number of carbonyl (C=O) groups excluding carboxylic acids is 1. The van der Waals surface area contributed by atoms with Crippen molar-refractivity contribution in [2.45, 2.75) is 12.5 Å². The zero-order valence-electron chi connectivity index (χ0n) is 6.91. The Labute approximate surface area is 66.6 Å². The first-order chi connectivity index (χ1) is 5.13. The summed E-state index contributed by atoms with van der Waals surface area (Å²) in [7, 11) is 2.93. The maximum Gasteiger partial charge on any atom is 0.263 e. The van der Waals surface area contributed by atoms with Crippen LogP contribution in [-0.4, -0.2) is 31.2 Å². The summed E-state index contributed by atoms with van der Waals surface area (Å²) in [6.07, 6.45) is 2.07. The van der Waals surface area contributed by atoms with Crippen LogP contribution in [0.1, 0.15) is 6.42 Å². The predicted octanol–water partition coefficient (Wildman–Crippen LogP) is -0.0904. The van der Waals surface area contributed by atoms with Crippen molar-refractivity contribution in [1.82, 2.24) is 5.06 Å². The average molecular weight is 158 g/mol. The lowest BCUT2D eigenvalue weighted by Crippen LogP contribution is -2.40. The summed E-state index contributed by atoms with van der Waals surface area (Å²) >= 11 is 0. The molecular formula is C7H14N2O2. The molecule has 0 aromatic heterocycles. The monoisotopic (exact) mass is 158 g/mol. The highest BCUT2D eigenvalue weighted by Gasteiger charge is 2.15. The van der Waals surface area contributed by atoms with Crippen LogP contribution in [0.3, 0.4) is 0 Å². The van der Waals surface area contributed by atoms with Gasteiger partial charge in [-0.2, -0.15) is 0 Å². The number of hydrogen-bond acceptors (Lipinski definition) is 3. The van der Waals surface area contributed by atoms with Gasteiger partial charge in [0.25, 0.3) is 5.91 Å². The van der Waals surface area contributed by atoms with Gasteiger partial charge in [0.1, 0.15) is 0 Å². The number of nitrogens with zero attached hydrogens (tertiary/aromatic N) is 1. The highest BCUT2D eigenvalue weighted by molar-refractivity contribution is 5.80. The van der Waals surface area contributed by atoms with Crippen molar-refractivity contribution in [2.24, 2.45) is 5.73 Å². The van der Waals surface area contributed by atoms with Crippen LogP contribution in [0.5, 0.6) is 0 Å². The smallest absolute Gasteiger partial charge is 0.263 e. The molecule has 0 spiro atoms. The predicted molar refractivity (Wildman–Crippen MR) is 42.6 cm³/mol. The van der Waals surface area contributed by atoms with Crippen molar-refractivity contribution in [1.29, 1.82) is 0 Å². The van der Waals surface area contributed by atoms with Gasteiger partial charge in [-0.05, 0) is 6.42 Å². The number of likely N-dealkylation sites (N-methyl/N-ethyl adjacent to an activating group) is 1. The number of nitrogens with two attached hydrogens (primary N) is 1. The van der Waals surface area contributed by atoms with Crippen LogP contribution in [0.4, 0.5) is 0 Å². The molecule has 2 N–H and O–H groups in total. The Morgan fingerprint density at radius 1 is 1.91 bits per heavy atom. The molecule has 0 aliphatic heterocycles. The van der Waals surface area contributed by atoms with E-state index in [0.29, 0.717) is 6.42 Å². The molecule has 0 radical (unpaired) electrons. The third-order valence-corrected chi connectivity index (χ3v) is 1.32. The molecule has 0 bridgehead atoms. The highest BCUT2D eigenvalue weighted by Crippen LogP contribution is 1.94. The molecule has 0 rings (SSSR count). The normalized spacial score (nSPS) is 12.3. The standard InChI is InChI=1S/C7H14N2O2/c1-4-5-6(8)7(10)9(2)11-3/h4,6H,1,5,8H2,2-3H3. The summed E-state index contributed by atoms with van der Waals surface area (Å²) in [6, 6.07) is -0.544. The molecule has 4 nitrogen and oxygen atoms in total. The van der Waals surface area contributed by atoms with Crippen LogP contribution < -0.4 is 5.73 Å². The van der Waals surface area contributed by atoms with Crippen LogP contribution >= 0.6 is 0 Å². The Kier molecular flexibility index (Phi) is 4.49. The molecule has 0 aliphatic rings. The van der Waals surface area contributed by atoms with E-state index < -0.39 is 6.04 Å². The fourth-order valence-corrected chi connectivity index (χ4v) is 0.604. The van der Waals surface area contributed by atoms with Gasteiger partial charge in [-0.15, -0.1) is 6.58 Å². The number of carbonyl (C=O) groups is 1. The van der Waals surface area contributed by atoms with E-state index in [1.165, 1.54) is 14.2 Å². The molecule has 64 valence electrons. The minimum Gasteiger partial charge on any atom is -0.320 e. The first-order valence-electron chi connectivity index (χ1n) is 3.31. The zero-order valence-corrected chi connectivity index (χ0v) is 6.91. The molecule has 11 heavy (non-hydrogen) atoms. The van der Waals surface area contributed by atoms with Gasteiger partial charge in [0, 0.05) is 7.05 Å². The van der Waals surface area contributed by atoms with Gasteiger partial charge < -0.3 is 5.73 Å². The molecule has 1 amide bonds. The summed E-state index contributed by atoms with van der Waals surface area (Å²) in [6.45, 7) is 3.48. The number of amides is 1. The fraction of sp³-hybridized carbons (Fsp3) is 0.571. The molecule has 0 fully saturated rings. The van der Waals surface area contributed by atoms with Crippen molar-refractivity contribution in [3.8, 4) is 0 Å². The van der Waals surface area contributed by atoms with Crippen LogP contribution in [0.25, 0.3) is 0 Å². The second kappa shape index (κ2) is 4.87. The van der Waals surface area contributed by atoms with E-state index in [4.69, 9.17) is 5.73 Å². The summed E-state index contributed by atoms with van der Waals surface area (Å²) in [4.78, 5) is 15.7. The summed E-state index contributed by atoms with van der Waals surface area (Å²) < 4.78 is 0. The molecule has 0 saturated heterocycles. The van der Waals surface area contributed by atoms with E-state index in [9.17, 15) is 4.79 Å². The second-order valence-corrected chi connectivity index (χ2v) is 2.15. The third-order valence-electron chi connectivity index (χ3n) is 1.32. The second-order valence-electron chi connectivity index (χ2n) is 2.15. The van der Waals surface area contributed by atoms with Crippen molar-refractivity contribution < 1.29 is 9.63 Å². The van der Waals surface area contributed by atoms with E-state index in [0.717, 1.165) is 5.06 Å². The van der Waals surface area contributed by atoms with Gasteiger partial charge in [-0.3, -0.25) is 9.63 Å². The zero-order chi connectivity index (χ0) is 8.85. The lowest BCUT2D eigenvalue weighted by Gasteiger charge is -2.17. The number of hydroxylamine groups is 2. The van der Waals surface area contributed by atoms with Crippen LogP contribution in [0.15, 0.2) is 12.7 Å². The lowest BCUT2D eigenvalue weighted by atomic mass is 10.2. The van der Waals surface area contributed by atoms with E-state index in [2.05, 4.69) is 11.4 Å². The Hall–Kier alpha value is -0.870. The van der Waals surface area contributed by atoms with E-state index >= 15 is 0 Å². The largest absolute Gasteiger partial charge is 0.320 e. The molecule has 0 aromatic rings. The summed E-state index contributed by atoms with van der Waals surface area (Å²) in [5.41, 5.74) is 5.46. The maximum absolute atomic E-state index is 11.1. The van der Waals surface area contributed by atoms with Gasteiger partial charge >= 0.3 is 0 Å². The molecular weight excluding hydrogens is 144 g/mol. The first kappa shape index (κ1) is 10.1. The van der Waals surface area contributed by atoms with Crippen LogP contribution in [0, 0.1) is 0 Å². The molecule has 0 aliphatic carbocycles. The van der Waals surface area contributed by atoms with Crippen molar-refractivity contribution in [3.63, 3.8) is 0 Å². The minimum absolute atomic E-state index is 0.243. The molecule has 4 heteroatoms. The first-order valence-corrected chi connectivity index (χ1v) is 3.31. The number of rotatable bonds is 4. The topological polar surface area (TPSA) is 55.6 Å². The fourth-order valence-electron chi connectivity index (χ4n) is 0.604. The Morgan fingerprint density at radius 3 is 2.82 bits per heavy atom. The quantitative estimate of drug-likeness (QED) is 0.459. The third kappa shape index (κ3) is 3.15. The van der Waals surface area contributed by atoms with Crippen molar-refractivity contribution in [2.75, 3.05) is 14.2 Å². The summed E-state index contributed by atoms with van der Waals surface area (Å²) in [5, 5.41) is 1.11. The van der Waals surface area contributed by atoms with Gasteiger partial charge in [-0.25, -0.2) is 5.06 Å². The molecule has 0 saturated carbocycles. The molecule has 1 unspecified atom stereocenters. The van der Waals surface area contributed by atoms with Gasteiger partial charge in [0.2, 0.25) is 0 Å². The van der Waals surface area contributed by atoms with E-state index in [1.807, 2.05) is 0 Å². The molecule has 0 aromatic carbocycles. The number of hydrogen-bond donors (Lipinski definition) is 1. The summed E-state index contributed by atoms with van der Waals surface area (Å²) in [5.74, 6) is -0.243. The highest BCUT2D eigenvalue weighted by atomic mass is 16.7. The lowest BCUT2D eigenvalue weighted by molar-refractivity contribution is -0.170. The van der Waals surface area contributed by atoms with Gasteiger partial charge in [-0.1, -0.05) is 6.08 Å². The van der Waals surface area contributed by atoms with Gasteiger partial charge in [0.15, 0.2) is 0 Å². The van der Waals surface area contributed by atoms with Crippen LogP contribution in [-0.2, 0) is 9.63 Å². The Morgan fingerprint density at radius 2 is 2.45 bits per heavy atom. The van der Waals surface area contributed by atoms with E-state index in [1.54, 1.807) is 6.08 Å². The Bertz CT molecular complexity index is 147. The molecule has 1 atom stereocenters. The van der Waals surface area contributed by atoms with Crippen molar-refractivity contribution >= 4 is 5.91 Å². The van der Waals surface area contributed by atoms with Gasteiger partial charge in [0.05, 0.1) is 13.2 Å². The van der Waals surface area contributed by atoms with Crippen molar-refractivity contribution in [3.05, 3.63) is 12.7 Å². The minimum atomic E-state index is -0.544. The van der Waals surface area contributed by atoms with E-state index in [-0.39, 0.29) is 5.91 Å². The molecule has 0 heterocycles.